The van der Waals surface area contributed by atoms with Gasteiger partial charge in [-0.1, -0.05) is 12.1 Å². The second-order valence-corrected chi connectivity index (χ2v) is 6.37. The van der Waals surface area contributed by atoms with Crippen molar-refractivity contribution in [3.05, 3.63) is 40.2 Å². The lowest BCUT2D eigenvalue weighted by atomic mass is 10.1. The lowest BCUT2D eigenvalue weighted by Gasteiger charge is -2.19. The lowest BCUT2D eigenvalue weighted by molar-refractivity contribution is 0.424. The van der Waals surface area contributed by atoms with Crippen LogP contribution in [0.25, 0.3) is 11.3 Å². The van der Waals surface area contributed by atoms with Crippen LogP contribution < -0.4 is 5.32 Å². The Kier molecular flexibility index (Phi) is 3.98. The molecule has 0 unspecified atom stereocenters. The molecule has 98 valence electrons. The molecule has 0 atom stereocenters. The summed E-state index contributed by atoms with van der Waals surface area (Å²) in [6, 6.07) is 9.70. The van der Waals surface area contributed by atoms with Crippen molar-refractivity contribution >= 4 is 11.3 Å². The number of hydrogen-bond acceptors (Lipinski definition) is 4. The van der Waals surface area contributed by atoms with Crippen molar-refractivity contribution in [3.8, 4) is 17.3 Å². The zero-order chi connectivity index (χ0) is 13.9. The SMILES string of the molecule is CC(C)(C)NCc1nc(-c2cccc(C#N)c2)cs1. The third-order valence-corrected chi connectivity index (χ3v) is 3.46. The maximum Gasteiger partial charge on any atom is 0.107 e. The van der Waals surface area contributed by atoms with Gasteiger partial charge in [0.05, 0.1) is 17.3 Å². The summed E-state index contributed by atoms with van der Waals surface area (Å²) in [7, 11) is 0. The van der Waals surface area contributed by atoms with Gasteiger partial charge in [0, 0.05) is 23.0 Å². The molecule has 0 saturated heterocycles. The van der Waals surface area contributed by atoms with Crippen molar-refractivity contribution < 1.29 is 0 Å². The van der Waals surface area contributed by atoms with Crippen molar-refractivity contribution in [2.75, 3.05) is 0 Å². The number of nitrogens with one attached hydrogen (secondary N) is 1. The average molecular weight is 271 g/mol. The fraction of sp³-hybridized carbons (Fsp3) is 0.333. The second kappa shape index (κ2) is 5.52. The van der Waals surface area contributed by atoms with E-state index in [2.05, 4.69) is 37.1 Å². The normalized spacial score (nSPS) is 11.3. The van der Waals surface area contributed by atoms with Gasteiger partial charge in [-0.2, -0.15) is 5.26 Å². The molecular formula is C15H17N3S. The van der Waals surface area contributed by atoms with Crippen LogP contribution in [-0.4, -0.2) is 10.5 Å². The van der Waals surface area contributed by atoms with Crippen LogP contribution in [0.3, 0.4) is 0 Å². The fourth-order valence-corrected chi connectivity index (χ4v) is 2.36. The number of nitrogens with zero attached hydrogens (tertiary/aromatic N) is 2. The van der Waals surface area contributed by atoms with Crippen LogP contribution in [0.15, 0.2) is 29.6 Å². The van der Waals surface area contributed by atoms with Gasteiger partial charge in [-0.25, -0.2) is 4.98 Å². The first-order chi connectivity index (χ1) is 8.98. The number of benzene rings is 1. The van der Waals surface area contributed by atoms with E-state index in [1.807, 2.05) is 23.6 Å². The van der Waals surface area contributed by atoms with Crippen LogP contribution in [0.1, 0.15) is 31.3 Å². The van der Waals surface area contributed by atoms with E-state index in [1.165, 1.54) is 0 Å². The number of hydrogen-bond donors (Lipinski definition) is 1. The number of aromatic nitrogens is 1. The number of nitriles is 1. The second-order valence-electron chi connectivity index (χ2n) is 5.42. The molecule has 0 radical (unpaired) electrons. The first-order valence-corrected chi connectivity index (χ1v) is 7.06. The highest BCUT2D eigenvalue weighted by molar-refractivity contribution is 7.09. The summed E-state index contributed by atoms with van der Waals surface area (Å²) >= 11 is 1.64. The summed E-state index contributed by atoms with van der Waals surface area (Å²) in [6.07, 6.45) is 0. The topological polar surface area (TPSA) is 48.7 Å². The van der Waals surface area contributed by atoms with Gasteiger partial charge in [-0.15, -0.1) is 11.3 Å². The minimum Gasteiger partial charge on any atom is -0.306 e. The average Bonchev–Trinajstić information content (AvgIpc) is 2.84. The van der Waals surface area contributed by atoms with Gasteiger partial charge in [-0.05, 0) is 32.9 Å². The molecule has 0 bridgehead atoms. The quantitative estimate of drug-likeness (QED) is 0.928. The Morgan fingerprint density at radius 1 is 1.37 bits per heavy atom. The summed E-state index contributed by atoms with van der Waals surface area (Å²) in [5.74, 6) is 0. The standard InChI is InChI=1S/C15H17N3S/c1-15(2,3)17-9-14-18-13(10-19-14)12-6-4-5-11(7-12)8-16/h4-7,10,17H,9H2,1-3H3. The van der Waals surface area contributed by atoms with E-state index < -0.39 is 0 Å². The number of rotatable bonds is 3. The van der Waals surface area contributed by atoms with Gasteiger partial charge in [0.2, 0.25) is 0 Å². The monoisotopic (exact) mass is 271 g/mol. The fourth-order valence-electron chi connectivity index (χ4n) is 1.61. The summed E-state index contributed by atoms with van der Waals surface area (Å²) in [5.41, 5.74) is 2.69. The molecular weight excluding hydrogens is 254 g/mol. The molecule has 4 heteroatoms. The van der Waals surface area contributed by atoms with E-state index in [-0.39, 0.29) is 5.54 Å². The van der Waals surface area contributed by atoms with Crippen molar-refractivity contribution in [1.82, 2.24) is 10.3 Å². The van der Waals surface area contributed by atoms with E-state index in [0.29, 0.717) is 5.56 Å². The van der Waals surface area contributed by atoms with Gasteiger partial charge < -0.3 is 5.32 Å². The van der Waals surface area contributed by atoms with E-state index in [4.69, 9.17) is 5.26 Å². The van der Waals surface area contributed by atoms with Crippen molar-refractivity contribution in [2.24, 2.45) is 0 Å². The van der Waals surface area contributed by atoms with E-state index in [9.17, 15) is 0 Å². The molecule has 2 aromatic rings. The highest BCUT2D eigenvalue weighted by Gasteiger charge is 2.11. The van der Waals surface area contributed by atoms with Crippen LogP contribution in [0.2, 0.25) is 0 Å². The van der Waals surface area contributed by atoms with Gasteiger partial charge in [0.15, 0.2) is 0 Å². The molecule has 0 aliphatic heterocycles. The van der Waals surface area contributed by atoms with E-state index >= 15 is 0 Å². The molecule has 0 amide bonds. The molecule has 1 heterocycles. The van der Waals surface area contributed by atoms with Crippen LogP contribution >= 0.6 is 11.3 Å². The Balaban J connectivity index is 2.14. The Bertz CT molecular complexity index is 602. The van der Waals surface area contributed by atoms with Crippen molar-refractivity contribution in [1.29, 1.82) is 5.26 Å². The molecule has 19 heavy (non-hydrogen) atoms. The molecule has 3 nitrogen and oxygen atoms in total. The molecule has 0 saturated carbocycles. The van der Waals surface area contributed by atoms with Crippen molar-refractivity contribution in [3.63, 3.8) is 0 Å². The number of thiazole rings is 1. The Morgan fingerprint density at radius 2 is 2.16 bits per heavy atom. The zero-order valence-corrected chi connectivity index (χ0v) is 12.2. The highest BCUT2D eigenvalue weighted by atomic mass is 32.1. The van der Waals surface area contributed by atoms with Crippen LogP contribution in [0.4, 0.5) is 0 Å². The summed E-state index contributed by atoms with van der Waals surface area (Å²) in [4.78, 5) is 4.61. The first kappa shape index (κ1) is 13.7. The van der Waals surface area contributed by atoms with Crippen LogP contribution in [0, 0.1) is 11.3 Å². The van der Waals surface area contributed by atoms with Crippen molar-refractivity contribution in [2.45, 2.75) is 32.9 Å². The van der Waals surface area contributed by atoms with Gasteiger partial charge in [-0.3, -0.25) is 0 Å². The molecule has 1 aromatic heterocycles. The lowest BCUT2D eigenvalue weighted by Crippen LogP contribution is -2.34. The van der Waals surface area contributed by atoms with Gasteiger partial charge in [0.25, 0.3) is 0 Å². The Hall–Kier alpha value is -1.70. The molecule has 0 aliphatic carbocycles. The van der Waals surface area contributed by atoms with E-state index in [0.717, 1.165) is 22.8 Å². The summed E-state index contributed by atoms with van der Waals surface area (Å²) in [5, 5.41) is 15.4. The smallest absolute Gasteiger partial charge is 0.107 e. The Morgan fingerprint density at radius 3 is 2.84 bits per heavy atom. The summed E-state index contributed by atoms with van der Waals surface area (Å²) < 4.78 is 0. The predicted octanol–water partition coefficient (Wildman–Crippen LogP) is 3.57. The van der Waals surface area contributed by atoms with Gasteiger partial charge in [0.1, 0.15) is 5.01 Å². The third kappa shape index (κ3) is 3.88. The predicted molar refractivity (Wildman–Crippen MR) is 78.9 cm³/mol. The van der Waals surface area contributed by atoms with Gasteiger partial charge >= 0.3 is 0 Å². The molecule has 1 aromatic carbocycles. The van der Waals surface area contributed by atoms with E-state index in [1.54, 1.807) is 17.4 Å². The zero-order valence-electron chi connectivity index (χ0n) is 11.4. The largest absolute Gasteiger partial charge is 0.306 e. The molecule has 0 spiro atoms. The summed E-state index contributed by atoms with van der Waals surface area (Å²) in [6.45, 7) is 7.18. The maximum absolute atomic E-state index is 8.91. The maximum atomic E-state index is 8.91. The van der Waals surface area contributed by atoms with Crippen LogP contribution in [0.5, 0.6) is 0 Å². The molecule has 0 aliphatic rings. The Labute approximate surface area is 117 Å². The molecule has 1 N–H and O–H groups in total. The molecule has 0 fully saturated rings. The van der Waals surface area contributed by atoms with Crippen LogP contribution in [-0.2, 0) is 6.54 Å². The highest BCUT2D eigenvalue weighted by Crippen LogP contribution is 2.22. The third-order valence-electron chi connectivity index (χ3n) is 2.61. The first-order valence-electron chi connectivity index (χ1n) is 6.18. The minimum absolute atomic E-state index is 0.0898. The molecule has 2 rings (SSSR count). The minimum atomic E-state index is 0.0898.